The normalized spacial score (nSPS) is 19.8. The Kier molecular flexibility index (Phi) is 5.97. The molecule has 154 valence electrons. The number of Topliss-reactive ketones (excluding diaryl/α,β-unsaturated/α-hetero) is 1. The van der Waals surface area contributed by atoms with Crippen molar-refractivity contribution in [3.8, 4) is 11.6 Å². The Hall–Kier alpha value is -2.63. The average molecular weight is 396 g/mol. The predicted molar refractivity (Wildman–Crippen MR) is 112 cm³/mol. The second-order valence-electron chi connectivity index (χ2n) is 8.32. The number of nitrogens with zero attached hydrogens (tertiary/aromatic N) is 3. The summed E-state index contributed by atoms with van der Waals surface area (Å²) in [6, 6.07) is 10.1. The van der Waals surface area contributed by atoms with Gasteiger partial charge in [0.2, 0.25) is 5.88 Å². The summed E-state index contributed by atoms with van der Waals surface area (Å²) in [7, 11) is 0. The summed E-state index contributed by atoms with van der Waals surface area (Å²) in [5, 5.41) is 0. The fourth-order valence-electron chi connectivity index (χ4n) is 3.72. The van der Waals surface area contributed by atoms with Gasteiger partial charge in [0.25, 0.3) is 0 Å². The second-order valence-corrected chi connectivity index (χ2v) is 8.32. The van der Waals surface area contributed by atoms with Gasteiger partial charge in [0, 0.05) is 25.5 Å². The molecule has 1 saturated carbocycles. The van der Waals surface area contributed by atoms with Gasteiger partial charge in [0.1, 0.15) is 29.8 Å². The van der Waals surface area contributed by atoms with Crippen LogP contribution in [0.25, 0.3) is 0 Å². The van der Waals surface area contributed by atoms with Crippen molar-refractivity contribution in [2.75, 3.05) is 24.6 Å². The molecule has 0 bridgehead atoms. The third-order valence-corrected chi connectivity index (χ3v) is 5.61. The first-order chi connectivity index (χ1) is 14.1. The highest BCUT2D eigenvalue weighted by Crippen LogP contribution is 2.30. The van der Waals surface area contributed by atoms with Gasteiger partial charge < -0.3 is 19.2 Å². The van der Waals surface area contributed by atoms with Gasteiger partial charge in [-0.15, -0.1) is 0 Å². The Bertz CT molecular complexity index is 836. The van der Waals surface area contributed by atoms with Crippen LogP contribution in [-0.4, -0.2) is 41.6 Å². The number of carbonyl (C=O) groups is 1. The number of hydrogen-bond donors (Lipinski definition) is 0. The van der Waals surface area contributed by atoms with Gasteiger partial charge in [-0.25, -0.2) is 9.97 Å². The Balaban J connectivity index is 1.30. The van der Waals surface area contributed by atoms with Crippen LogP contribution in [0.1, 0.15) is 51.0 Å². The van der Waals surface area contributed by atoms with Crippen LogP contribution in [-0.2, 0) is 4.79 Å². The molecule has 1 aromatic carbocycles. The van der Waals surface area contributed by atoms with Crippen LogP contribution in [0, 0.1) is 5.92 Å². The van der Waals surface area contributed by atoms with E-state index < -0.39 is 0 Å². The molecule has 2 aromatic rings. The van der Waals surface area contributed by atoms with E-state index in [0.29, 0.717) is 18.2 Å². The van der Waals surface area contributed by atoms with E-state index >= 15 is 0 Å². The van der Waals surface area contributed by atoms with Crippen molar-refractivity contribution in [2.24, 2.45) is 5.92 Å². The predicted octanol–water partition coefficient (Wildman–Crippen LogP) is 4.01. The Labute approximate surface area is 172 Å². The van der Waals surface area contributed by atoms with E-state index in [4.69, 9.17) is 9.47 Å². The number of aromatic nitrogens is 2. The molecule has 4 rings (SSSR count). The quantitative estimate of drug-likeness (QED) is 0.639. The van der Waals surface area contributed by atoms with Gasteiger partial charge in [0.05, 0.1) is 13.2 Å². The number of benzene rings is 1. The number of ether oxygens (including phenoxy) is 2. The zero-order chi connectivity index (χ0) is 20.2. The smallest absolute Gasteiger partial charge is 0.218 e. The van der Waals surface area contributed by atoms with Crippen LogP contribution >= 0.6 is 0 Å². The number of rotatable bonds is 9. The topological polar surface area (TPSA) is 64.5 Å². The van der Waals surface area contributed by atoms with Crippen LogP contribution in [0.15, 0.2) is 36.7 Å². The van der Waals surface area contributed by atoms with Crippen molar-refractivity contribution in [3.63, 3.8) is 0 Å². The van der Waals surface area contributed by atoms with Crippen LogP contribution in [0.5, 0.6) is 11.6 Å². The number of ketones is 1. The van der Waals surface area contributed by atoms with Gasteiger partial charge in [0.15, 0.2) is 0 Å². The molecule has 2 heterocycles. The molecule has 0 radical (unpaired) electrons. The molecular formula is C23H29N3O3. The maximum atomic E-state index is 11.3. The summed E-state index contributed by atoms with van der Waals surface area (Å²) in [5.74, 6) is 3.57. The molecule has 0 N–H and O–H groups in total. The lowest BCUT2D eigenvalue weighted by molar-refractivity contribution is -0.117. The summed E-state index contributed by atoms with van der Waals surface area (Å²) in [6.45, 7) is 6.17. The fourth-order valence-corrected chi connectivity index (χ4v) is 3.72. The lowest BCUT2D eigenvalue weighted by Crippen LogP contribution is -2.25. The van der Waals surface area contributed by atoms with Crippen molar-refractivity contribution in [1.29, 1.82) is 0 Å². The average Bonchev–Trinajstić information content (AvgIpc) is 3.43. The van der Waals surface area contributed by atoms with E-state index in [-0.39, 0.29) is 17.8 Å². The summed E-state index contributed by atoms with van der Waals surface area (Å²) >= 11 is 0. The van der Waals surface area contributed by atoms with E-state index in [0.717, 1.165) is 37.7 Å². The minimum absolute atomic E-state index is 0.126. The zero-order valence-electron chi connectivity index (χ0n) is 17.2. The molecule has 0 amide bonds. The first-order valence-corrected chi connectivity index (χ1v) is 10.5. The molecule has 2 atom stereocenters. The van der Waals surface area contributed by atoms with Crippen molar-refractivity contribution in [3.05, 3.63) is 42.2 Å². The van der Waals surface area contributed by atoms with E-state index in [1.165, 1.54) is 18.4 Å². The molecule has 2 fully saturated rings. The number of anilines is 1. The molecule has 1 aliphatic heterocycles. The molecule has 1 aliphatic carbocycles. The molecule has 6 heteroatoms. The van der Waals surface area contributed by atoms with Gasteiger partial charge in [-0.2, -0.15) is 0 Å². The SMILES string of the molecule is CC(=O)C[C@@H](C)c1ccc(O[C@@H]2CCN(c3cc(OCC4CC4)ncn3)C2)cc1. The minimum atomic E-state index is 0.126. The summed E-state index contributed by atoms with van der Waals surface area (Å²) in [6.07, 6.45) is 5.75. The van der Waals surface area contributed by atoms with Crippen LogP contribution in [0.3, 0.4) is 0 Å². The maximum absolute atomic E-state index is 11.3. The lowest BCUT2D eigenvalue weighted by Gasteiger charge is -2.19. The molecule has 1 aromatic heterocycles. The lowest BCUT2D eigenvalue weighted by atomic mass is 9.96. The van der Waals surface area contributed by atoms with Crippen molar-refractivity contribution in [2.45, 2.75) is 51.6 Å². The third-order valence-electron chi connectivity index (χ3n) is 5.61. The monoisotopic (exact) mass is 395 g/mol. The van der Waals surface area contributed by atoms with Gasteiger partial charge >= 0.3 is 0 Å². The van der Waals surface area contributed by atoms with E-state index in [1.807, 2.05) is 18.2 Å². The Morgan fingerprint density at radius 2 is 2.00 bits per heavy atom. The highest BCUT2D eigenvalue weighted by Gasteiger charge is 2.26. The number of carbonyl (C=O) groups excluding carboxylic acids is 1. The highest BCUT2D eigenvalue weighted by atomic mass is 16.5. The van der Waals surface area contributed by atoms with Crippen molar-refractivity contribution in [1.82, 2.24) is 9.97 Å². The minimum Gasteiger partial charge on any atom is -0.489 e. The molecule has 0 unspecified atom stereocenters. The second kappa shape index (κ2) is 8.80. The summed E-state index contributed by atoms with van der Waals surface area (Å²) in [5.41, 5.74) is 1.17. The van der Waals surface area contributed by atoms with Crippen LogP contribution in [0.4, 0.5) is 5.82 Å². The molecule has 0 spiro atoms. The van der Waals surface area contributed by atoms with E-state index in [1.54, 1.807) is 13.3 Å². The molecule has 6 nitrogen and oxygen atoms in total. The fraction of sp³-hybridized carbons (Fsp3) is 0.522. The highest BCUT2D eigenvalue weighted by molar-refractivity contribution is 5.76. The first-order valence-electron chi connectivity index (χ1n) is 10.5. The standard InChI is InChI=1S/C23H29N3O3/c1-16(11-17(2)27)19-5-7-20(8-6-19)29-21-9-10-26(13-21)22-12-23(25-15-24-22)28-14-18-3-4-18/h5-8,12,15-16,18,21H,3-4,9-11,13-14H2,1-2H3/t16-,21-/m1/s1. The summed E-state index contributed by atoms with van der Waals surface area (Å²) < 4.78 is 12.0. The summed E-state index contributed by atoms with van der Waals surface area (Å²) in [4.78, 5) is 22.2. The first kappa shape index (κ1) is 19.7. The molecular weight excluding hydrogens is 366 g/mol. The maximum Gasteiger partial charge on any atom is 0.218 e. The largest absolute Gasteiger partial charge is 0.489 e. The molecule has 29 heavy (non-hydrogen) atoms. The Morgan fingerprint density at radius 1 is 1.21 bits per heavy atom. The number of hydrogen-bond acceptors (Lipinski definition) is 6. The van der Waals surface area contributed by atoms with Gasteiger partial charge in [-0.3, -0.25) is 0 Å². The van der Waals surface area contributed by atoms with Crippen LogP contribution < -0.4 is 14.4 Å². The molecule has 1 saturated heterocycles. The zero-order valence-corrected chi connectivity index (χ0v) is 17.2. The van der Waals surface area contributed by atoms with E-state index in [9.17, 15) is 4.79 Å². The Morgan fingerprint density at radius 3 is 2.72 bits per heavy atom. The van der Waals surface area contributed by atoms with E-state index in [2.05, 4.69) is 33.9 Å². The molecule has 2 aliphatic rings. The van der Waals surface area contributed by atoms with Gasteiger partial charge in [-0.1, -0.05) is 19.1 Å². The van der Waals surface area contributed by atoms with Crippen molar-refractivity contribution >= 4 is 11.6 Å². The van der Waals surface area contributed by atoms with Crippen molar-refractivity contribution < 1.29 is 14.3 Å². The van der Waals surface area contributed by atoms with Gasteiger partial charge in [-0.05, 0) is 49.3 Å². The third kappa shape index (κ3) is 5.46. The van der Waals surface area contributed by atoms with Crippen LogP contribution in [0.2, 0.25) is 0 Å².